The quantitative estimate of drug-likeness (QED) is 0.743. The van der Waals surface area contributed by atoms with Crippen molar-refractivity contribution in [2.45, 2.75) is 19.5 Å². The molecular formula is C18H19N3O5S. The number of hydrogen-bond donors (Lipinski definition) is 2. The first kappa shape index (κ1) is 18.8. The maximum atomic E-state index is 12.3. The number of carbonyl (C=O) groups is 3. The lowest BCUT2D eigenvalue weighted by molar-refractivity contribution is -0.129. The summed E-state index contributed by atoms with van der Waals surface area (Å²) in [5.41, 5.74) is 0.931. The molecule has 1 aliphatic heterocycles. The first-order chi connectivity index (χ1) is 13.0. The van der Waals surface area contributed by atoms with Gasteiger partial charge in [-0.3, -0.25) is 9.59 Å². The zero-order valence-corrected chi connectivity index (χ0v) is 15.5. The number of nitrogens with one attached hydrogen (secondary N) is 1. The summed E-state index contributed by atoms with van der Waals surface area (Å²) in [6.07, 6.45) is 0.167. The van der Waals surface area contributed by atoms with Gasteiger partial charge >= 0.3 is 5.97 Å². The molecule has 1 fully saturated rings. The Morgan fingerprint density at radius 2 is 2.11 bits per heavy atom. The molecule has 8 nitrogen and oxygen atoms in total. The lowest BCUT2D eigenvalue weighted by Crippen LogP contribution is -2.32. The molecule has 2 N–H and O–H groups in total. The van der Waals surface area contributed by atoms with Crippen molar-refractivity contribution in [3.63, 3.8) is 0 Å². The number of carboxylic acid groups (broad SMARTS) is 1. The highest BCUT2D eigenvalue weighted by Gasteiger charge is 2.34. The van der Waals surface area contributed by atoms with Crippen LogP contribution in [0.4, 0.5) is 0 Å². The maximum Gasteiger partial charge on any atom is 0.355 e. The van der Waals surface area contributed by atoms with Crippen molar-refractivity contribution >= 4 is 29.1 Å². The molecule has 2 aromatic rings. The van der Waals surface area contributed by atoms with Crippen LogP contribution in [-0.2, 0) is 22.7 Å². The summed E-state index contributed by atoms with van der Waals surface area (Å²) in [5.74, 6) is -1.06. The molecule has 27 heavy (non-hydrogen) atoms. The number of methoxy groups -OCH3 is 1. The number of benzene rings is 1. The highest BCUT2D eigenvalue weighted by molar-refractivity contribution is 7.09. The first-order valence-electron chi connectivity index (χ1n) is 8.32. The van der Waals surface area contributed by atoms with Crippen molar-refractivity contribution in [2.75, 3.05) is 13.7 Å². The van der Waals surface area contributed by atoms with Crippen LogP contribution >= 0.6 is 11.3 Å². The van der Waals surface area contributed by atoms with E-state index in [9.17, 15) is 14.4 Å². The Labute approximate surface area is 159 Å². The Hall–Kier alpha value is -2.94. The highest BCUT2D eigenvalue weighted by Crippen LogP contribution is 2.22. The van der Waals surface area contributed by atoms with Gasteiger partial charge in [-0.1, -0.05) is 12.1 Å². The molecule has 142 valence electrons. The predicted molar refractivity (Wildman–Crippen MR) is 97.4 cm³/mol. The molecule has 9 heteroatoms. The third kappa shape index (κ3) is 4.62. The number of amides is 2. The van der Waals surface area contributed by atoms with Gasteiger partial charge in [0.1, 0.15) is 10.8 Å². The van der Waals surface area contributed by atoms with E-state index >= 15 is 0 Å². The van der Waals surface area contributed by atoms with E-state index in [4.69, 9.17) is 9.84 Å². The average Bonchev–Trinajstić information content (AvgIpc) is 3.28. The zero-order chi connectivity index (χ0) is 19.4. The number of rotatable bonds is 7. The summed E-state index contributed by atoms with van der Waals surface area (Å²) in [7, 11) is 1.59. The molecule has 0 saturated carbocycles. The van der Waals surface area contributed by atoms with Gasteiger partial charge in [0.15, 0.2) is 5.69 Å². The van der Waals surface area contributed by atoms with Crippen LogP contribution in [0.3, 0.4) is 0 Å². The molecule has 1 unspecified atom stereocenters. The molecule has 2 amide bonds. The monoisotopic (exact) mass is 389 g/mol. The highest BCUT2D eigenvalue weighted by atomic mass is 32.1. The van der Waals surface area contributed by atoms with Gasteiger partial charge in [-0.15, -0.1) is 11.3 Å². The fourth-order valence-corrected chi connectivity index (χ4v) is 3.56. The Bertz CT molecular complexity index is 849. The van der Waals surface area contributed by atoms with E-state index in [1.54, 1.807) is 12.0 Å². The molecular weight excluding hydrogens is 370 g/mol. The lowest BCUT2D eigenvalue weighted by Gasteiger charge is -2.17. The zero-order valence-electron chi connectivity index (χ0n) is 14.7. The molecule has 1 saturated heterocycles. The number of ether oxygens (including phenoxy) is 1. The molecule has 1 aromatic carbocycles. The molecule has 0 spiro atoms. The minimum Gasteiger partial charge on any atom is -0.497 e. The average molecular weight is 389 g/mol. The van der Waals surface area contributed by atoms with E-state index in [1.807, 2.05) is 24.3 Å². The number of thiazole rings is 1. The lowest BCUT2D eigenvalue weighted by atomic mass is 10.1. The van der Waals surface area contributed by atoms with Gasteiger partial charge in [0.2, 0.25) is 11.8 Å². The normalized spacial score (nSPS) is 16.4. The van der Waals surface area contributed by atoms with Gasteiger partial charge in [-0.25, -0.2) is 9.78 Å². The number of carbonyl (C=O) groups excluding carboxylic acids is 2. The summed E-state index contributed by atoms with van der Waals surface area (Å²) in [4.78, 5) is 41.0. The summed E-state index contributed by atoms with van der Waals surface area (Å²) < 4.78 is 5.12. The van der Waals surface area contributed by atoms with Gasteiger partial charge in [0.25, 0.3) is 0 Å². The Morgan fingerprint density at radius 3 is 2.74 bits per heavy atom. The molecule has 1 aromatic heterocycles. The van der Waals surface area contributed by atoms with E-state index in [0.717, 1.165) is 11.3 Å². The second kappa shape index (κ2) is 8.17. The minimum atomic E-state index is -1.10. The minimum absolute atomic E-state index is 0.0361. The largest absolute Gasteiger partial charge is 0.497 e. The van der Waals surface area contributed by atoms with Crippen molar-refractivity contribution in [1.82, 2.24) is 15.2 Å². The Morgan fingerprint density at radius 1 is 1.37 bits per heavy atom. The van der Waals surface area contributed by atoms with Crippen LogP contribution < -0.4 is 10.1 Å². The number of aromatic carboxylic acids is 1. The molecule has 3 rings (SSSR count). The van der Waals surface area contributed by atoms with E-state index in [1.165, 1.54) is 16.7 Å². The first-order valence-corrected chi connectivity index (χ1v) is 9.20. The van der Waals surface area contributed by atoms with Crippen LogP contribution in [0.15, 0.2) is 29.6 Å². The maximum absolute atomic E-state index is 12.3. The smallest absolute Gasteiger partial charge is 0.355 e. The van der Waals surface area contributed by atoms with Crippen LogP contribution in [0.1, 0.15) is 27.5 Å². The molecule has 0 aliphatic carbocycles. The number of aromatic nitrogens is 1. The molecule has 1 aliphatic rings. The standard InChI is InChI=1S/C18H19N3O5S/c1-26-13-4-2-11(3-5-13)8-21-9-12(6-16(21)22)17(23)19-7-15-20-14(10-27-15)18(24)25/h2-5,10,12H,6-9H2,1H3,(H,19,23)(H,24,25). The van der Waals surface area contributed by atoms with E-state index < -0.39 is 11.9 Å². The van der Waals surface area contributed by atoms with Gasteiger partial charge < -0.3 is 20.1 Å². The summed E-state index contributed by atoms with van der Waals surface area (Å²) in [5, 5.41) is 13.5. The van der Waals surface area contributed by atoms with Crippen molar-refractivity contribution in [2.24, 2.45) is 5.92 Å². The molecule has 2 heterocycles. The van der Waals surface area contributed by atoms with Gasteiger partial charge in [-0.2, -0.15) is 0 Å². The SMILES string of the molecule is COc1ccc(CN2CC(C(=O)NCc3nc(C(=O)O)cs3)CC2=O)cc1. The fraction of sp³-hybridized carbons (Fsp3) is 0.333. The topological polar surface area (TPSA) is 109 Å². The summed E-state index contributed by atoms with van der Waals surface area (Å²) in [6.45, 7) is 0.954. The number of nitrogens with zero attached hydrogens (tertiary/aromatic N) is 2. The van der Waals surface area contributed by atoms with E-state index in [-0.39, 0.29) is 30.5 Å². The molecule has 0 bridgehead atoms. The number of carboxylic acids is 1. The second-order valence-corrected chi connectivity index (χ2v) is 7.12. The summed E-state index contributed by atoms with van der Waals surface area (Å²) >= 11 is 1.17. The van der Waals surface area contributed by atoms with Crippen LogP contribution in [0.5, 0.6) is 5.75 Å². The van der Waals surface area contributed by atoms with Crippen molar-refractivity contribution in [3.05, 3.63) is 45.9 Å². The number of hydrogen-bond acceptors (Lipinski definition) is 6. The van der Waals surface area contributed by atoms with Crippen LogP contribution in [0.2, 0.25) is 0 Å². The van der Waals surface area contributed by atoms with Crippen molar-refractivity contribution in [3.8, 4) is 5.75 Å². The molecule has 0 radical (unpaired) electrons. The second-order valence-electron chi connectivity index (χ2n) is 6.17. The fourth-order valence-electron chi connectivity index (χ4n) is 2.85. The van der Waals surface area contributed by atoms with Gasteiger partial charge in [-0.05, 0) is 17.7 Å². The number of likely N-dealkylation sites (tertiary alicyclic amines) is 1. The van der Waals surface area contributed by atoms with Gasteiger partial charge in [0, 0.05) is 24.9 Å². The van der Waals surface area contributed by atoms with Crippen LogP contribution in [0.25, 0.3) is 0 Å². The predicted octanol–water partition coefficient (Wildman–Crippen LogP) is 1.51. The van der Waals surface area contributed by atoms with Crippen molar-refractivity contribution < 1.29 is 24.2 Å². The van der Waals surface area contributed by atoms with Gasteiger partial charge in [0.05, 0.1) is 19.6 Å². The third-order valence-electron chi connectivity index (χ3n) is 4.30. The van der Waals surface area contributed by atoms with Crippen molar-refractivity contribution in [1.29, 1.82) is 0 Å². The molecule has 1 atom stereocenters. The third-order valence-corrected chi connectivity index (χ3v) is 5.15. The Kier molecular flexibility index (Phi) is 5.70. The van der Waals surface area contributed by atoms with E-state index in [0.29, 0.717) is 18.1 Å². The summed E-state index contributed by atoms with van der Waals surface area (Å²) in [6, 6.07) is 7.45. The Balaban J connectivity index is 1.52. The van der Waals surface area contributed by atoms with Crippen LogP contribution in [0, 0.1) is 5.92 Å². The van der Waals surface area contributed by atoms with Crippen LogP contribution in [-0.4, -0.2) is 46.4 Å². The van der Waals surface area contributed by atoms with E-state index in [2.05, 4.69) is 10.3 Å².